The summed E-state index contributed by atoms with van der Waals surface area (Å²) in [4.78, 5) is 8.83. The van der Waals surface area contributed by atoms with Gasteiger partial charge in [0.2, 0.25) is 5.88 Å². The minimum absolute atomic E-state index is 0. The molecule has 7 heteroatoms. The molecule has 1 heterocycles. The first-order chi connectivity index (χ1) is 12.8. The molecule has 5 nitrogen and oxygen atoms in total. The molecule has 2 saturated carbocycles. The predicted molar refractivity (Wildman–Crippen MR) is 125 cm³/mol. The first-order valence-corrected chi connectivity index (χ1v) is 11.2. The highest BCUT2D eigenvalue weighted by Gasteiger charge is 2.24. The Morgan fingerprint density at radius 2 is 2.04 bits per heavy atom. The zero-order chi connectivity index (χ0) is 18.2. The molecule has 0 aliphatic heterocycles. The first kappa shape index (κ1) is 22.6. The molecule has 0 aromatic carbocycles. The summed E-state index contributed by atoms with van der Waals surface area (Å²) in [5.74, 6) is 1.62. The van der Waals surface area contributed by atoms with Crippen LogP contribution in [0.1, 0.15) is 56.9 Å². The number of halogens is 1. The molecule has 0 saturated heterocycles. The number of nitrogens with zero attached hydrogens (tertiary/aromatic N) is 2. The average molecular weight is 504 g/mol. The number of hydrogen-bond acceptors (Lipinski definition) is 4. The van der Waals surface area contributed by atoms with Crippen LogP contribution in [0.4, 0.5) is 0 Å². The van der Waals surface area contributed by atoms with Crippen molar-refractivity contribution >= 4 is 41.7 Å². The molecule has 27 heavy (non-hydrogen) atoms. The summed E-state index contributed by atoms with van der Waals surface area (Å²) in [7, 11) is 1.83. The monoisotopic (exact) mass is 504 g/mol. The molecule has 1 aromatic rings. The molecule has 3 rings (SSSR count). The van der Waals surface area contributed by atoms with Crippen LogP contribution in [0.2, 0.25) is 0 Å². The summed E-state index contributed by atoms with van der Waals surface area (Å²) < 4.78 is 6.00. The van der Waals surface area contributed by atoms with Crippen molar-refractivity contribution in [3.8, 4) is 5.88 Å². The zero-order valence-corrected chi connectivity index (χ0v) is 19.6. The number of thioether (sulfide) groups is 1. The summed E-state index contributed by atoms with van der Waals surface area (Å²) in [6.07, 6.45) is 14.4. The number of guanidine groups is 1. The lowest BCUT2D eigenvalue weighted by Gasteiger charge is -2.22. The van der Waals surface area contributed by atoms with Crippen LogP contribution >= 0.6 is 35.7 Å². The maximum absolute atomic E-state index is 6.00. The molecule has 2 unspecified atom stereocenters. The van der Waals surface area contributed by atoms with Crippen LogP contribution in [0.15, 0.2) is 23.3 Å². The van der Waals surface area contributed by atoms with E-state index in [-0.39, 0.29) is 24.0 Å². The topological polar surface area (TPSA) is 58.5 Å². The van der Waals surface area contributed by atoms with Crippen LogP contribution in [-0.4, -0.2) is 41.6 Å². The Bertz CT molecular complexity index is 578. The van der Waals surface area contributed by atoms with Crippen molar-refractivity contribution in [2.75, 3.05) is 13.3 Å². The highest BCUT2D eigenvalue weighted by Crippen LogP contribution is 2.28. The lowest BCUT2D eigenvalue weighted by molar-refractivity contribution is 0.148. The first-order valence-electron chi connectivity index (χ1n) is 9.88. The van der Waals surface area contributed by atoms with Crippen LogP contribution in [0, 0.1) is 0 Å². The van der Waals surface area contributed by atoms with E-state index in [1.165, 1.54) is 38.5 Å². The maximum Gasteiger partial charge on any atom is 0.213 e. The Hall–Kier alpha value is -0.700. The van der Waals surface area contributed by atoms with Gasteiger partial charge in [-0.3, -0.25) is 4.99 Å². The van der Waals surface area contributed by atoms with Crippen LogP contribution < -0.4 is 15.4 Å². The van der Waals surface area contributed by atoms with Gasteiger partial charge in [0.25, 0.3) is 0 Å². The van der Waals surface area contributed by atoms with Crippen molar-refractivity contribution in [3.05, 3.63) is 23.9 Å². The third kappa shape index (κ3) is 7.33. The second-order valence-electron chi connectivity index (χ2n) is 7.32. The Morgan fingerprint density at radius 3 is 2.67 bits per heavy atom. The van der Waals surface area contributed by atoms with Crippen LogP contribution in [-0.2, 0) is 6.54 Å². The predicted octanol–water partition coefficient (Wildman–Crippen LogP) is 4.36. The minimum Gasteiger partial charge on any atom is -0.474 e. The fraction of sp³-hybridized carbons (Fsp3) is 0.700. The molecule has 1 aromatic heterocycles. The number of nitrogens with one attached hydrogen (secondary N) is 2. The highest BCUT2D eigenvalue weighted by molar-refractivity contribution is 14.0. The van der Waals surface area contributed by atoms with Gasteiger partial charge in [-0.1, -0.05) is 12.5 Å². The SMILES string of the molecule is CN=C(NCc1ccc(OC2CCCCC2)nc1)NC1CCC(SC)C1.I. The zero-order valence-electron chi connectivity index (χ0n) is 16.4. The van der Waals surface area contributed by atoms with E-state index in [1.807, 2.05) is 31.1 Å². The van der Waals surface area contributed by atoms with Crippen LogP contribution in [0.25, 0.3) is 0 Å². The molecular weight excluding hydrogens is 471 g/mol. The van der Waals surface area contributed by atoms with Crippen LogP contribution in [0.3, 0.4) is 0 Å². The third-order valence-corrected chi connectivity index (χ3v) is 6.47. The van der Waals surface area contributed by atoms with E-state index in [4.69, 9.17) is 4.74 Å². The quantitative estimate of drug-likeness (QED) is 0.343. The van der Waals surface area contributed by atoms with Gasteiger partial charge in [-0.15, -0.1) is 24.0 Å². The molecule has 2 fully saturated rings. The van der Waals surface area contributed by atoms with Gasteiger partial charge < -0.3 is 15.4 Å². The Labute approximate surface area is 184 Å². The molecule has 2 aliphatic rings. The van der Waals surface area contributed by atoms with Crippen molar-refractivity contribution in [2.24, 2.45) is 4.99 Å². The Morgan fingerprint density at radius 1 is 1.22 bits per heavy atom. The van der Waals surface area contributed by atoms with E-state index in [0.717, 1.165) is 42.0 Å². The van der Waals surface area contributed by atoms with E-state index >= 15 is 0 Å². The fourth-order valence-electron chi connectivity index (χ4n) is 3.80. The lowest BCUT2D eigenvalue weighted by atomic mass is 9.98. The molecule has 2 atom stereocenters. The van der Waals surface area contributed by atoms with Crippen LogP contribution in [0.5, 0.6) is 5.88 Å². The second kappa shape index (κ2) is 12.0. The van der Waals surface area contributed by atoms with E-state index in [1.54, 1.807) is 0 Å². The molecule has 0 spiro atoms. The van der Waals surface area contributed by atoms with Gasteiger partial charge in [-0.05, 0) is 56.8 Å². The van der Waals surface area contributed by atoms with Gasteiger partial charge >= 0.3 is 0 Å². The largest absolute Gasteiger partial charge is 0.474 e. The molecule has 152 valence electrons. The smallest absolute Gasteiger partial charge is 0.213 e. The Balaban J connectivity index is 0.00000261. The molecule has 0 bridgehead atoms. The summed E-state index contributed by atoms with van der Waals surface area (Å²) in [5, 5.41) is 7.73. The van der Waals surface area contributed by atoms with Gasteiger partial charge in [0.1, 0.15) is 6.10 Å². The number of pyridine rings is 1. The van der Waals surface area contributed by atoms with E-state index in [2.05, 4.69) is 32.9 Å². The number of aromatic nitrogens is 1. The normalized spacial score (nSPS) is 23.6. The van der Waals surface area contributed by atoms with Gasteiger partial charge in [0.05, 0.1) is 0 Å². The number of aliphatic imine (C=N–C) groups is 1. The fourth-order valence-corrected chi connectivity index (χ4v) is 4.59. The van der Waals surface area contributed by atoms with Crippen molar-refractivity contribution < 1.29 is 4.74 Å². The molecule has 2 aliphatic carbocycles. The molecule has 0 radical (unpaired) electrons. The summed E-state index contributed by atoms with van der Waals surface area (Å²) in [5.41, 5.74) is 1.14. The Kier molecular flexibility index (Phi) is 10.0. The average Bonchev–Trinajstić information content (AvgIpc) is 3.15. The van der Waals surface area contributed by atoms with Crippen molar-refractivity contribution in [1.29, 1.82) is 0 Å². The summed E-state index contributed by atoms with van der Waals surface area (Å²) >= 11 is 1.97. The van der Waals surface area contributed by atoms with Gasteiger partial charge in [-0.25, -0.2) is 4.98 Å². The lowest BCUT2D eigenvalue weighted by Crippen LogP contribution is -2.42. The number of hydrogen-bond donors (Lipinski definition) is 2. The minimum atomic E-state index is 0. The van der Waals surface area contributed by atoms with E-state index in [0.29, 0.717) is 12.1 Å². The van der Waals surface area contributed by atoms with E-state index in [9.17, 15) is 0 Å². The maximum atomic E-state index is 6.00. The molecular formula is C20H33IN4OS. The highest BCUT2D eigenvalue weighted by atomic mass is 127. The van der Waals surface area contributed by atoms with Gasteiger partial charge in [-0.2, -0.15) is 11.8 Å². The number of ether oxygens (including phenoxy) is 1. The van der Waals surface area contributed by atoms with Crippen molar-refractivity contribution in [3.63, 3.8) is 0 Å². The van der Waals surface area contributed by atoms with Crippen molar-refractivity contribution in [2.45, 2.75) is 75.3 Å². The summed E-state index contributed by atoms with van der Waals surface area (Å²) in [6, 6.07) is 4.61. The molecule has 2 N–H and O–H groups in total. The molecule has 0 amide bonds. The number of rotatable bonds is 6. The second-order valence-corrected chi connectivity index (χ2v) is 8.46. The summed E-state index contributed by atoms with van der Waals surface area (Å²) in [6.45, 7) is 0.717. The van der Waals surface area contributed by atoms with Crippen molar-refractivity contribution in [1.82, 2.24) is 15.6 Å². The third-order valence-electron chi connectivity index (χ3n) is 5.38. The standard InChI is InChI=1S/C20H32N4OS.HI/c1-21-20(24-16-9-10-18(12-16)26-2)23-14-15-8-11-19(22-13-15)25-17-6-4-3-5-7-17;/h8,11,13,16-18H,3-7,9-10,12,14H2,1-2H3,(H2,21,23,24);1H. The van der Waals surface area contributed by atoms with E-state index < -0.39 is 0 Å². The van der Waals surface area contributed by atoms with Gasteiger partial charge in [0, 0.05) is 37.1 Å². The van der Waals surface area contributed by atoms with Gasteiger partial charge in [0.15, 0.2) is 5.96 Å².